The molecular weight excluding hydrogens is 483 g/mol. The zero-order chi connectivity index (χ0) is 27.4. The Kier molecular flexibility index (Phi) is 8.00. The van der Waals surface area contributed by atoms with Gasteiger partial charge in [0.15, 0.2) is 0 Å². The molecule has 1 aliphatic heterocycles. The van der Waals surface area contributed by atoms with Crippen molar-refractivity contribution in [1.82, 2.24) is 9.80 Å². The number of hydrogen-bond acceptors (Lipinski definition) is 6. The lowest BCUT2D eigenvalue weighted by Gasteiger charge is -2.45. The van der Waals surface area contributed by atoms with E-state index >= 15 is 0 Å². The molecule has 1 amide bonds. The Balaban J connectivity index is 1.67. The van der Waals surface area contributed by atoms with Gasteiger partial charge in [-0.2, -0.15) is 5.26 Å². The van der Waals surface area contributed by atoms with E-state index in [0.29, 0.717) is 43.1 Å². The predicted molar refractivity (Wildman–Crippen MR) is 145 cm³/mol. The summed E-state index contributed by atoms with van der Waals surface area (Å²) >= 11 is 0. The van der Waals surface area contributed by atoms with Crippen LogP contribution in [0.25, 0.3) is 0 Å². The van der Waals surface area contributed by atoms with Crippen LogP contribution in [-0.4, -0.2) is 68.2 Å². The van der Waals surface area contributed by atoms with E-state index in [9.17, 15) is 14.3 Å². The Labute approximate surface area is 223 Å². The van der Waals surface area contributed by atoms with E-state index in [4.69, 9.17) is 10.00 Å². The van der Waals surface area contributed by atoms with Gasteiger partial charge in [-0.3, -0.25) is 9.69 Å². The minimum atomic E-state index is -1.14. The molecule has 1 saturated heterocycles. The molecule has 1 fully saturated rings. The topological polar surface area (TPSA) is 80.0 Å². The van der Waals surface area contributed by atoms with Gasteiger partial charge in [-0.25, -0.2) is 4.39 Å². The van der Waals surface area contributed by atoms with Crippen LogP contribution in [0.4, 0.5) is 10.1 Å². The Hall–Kier alpha value is -3.93. The molecule has 2 atom stereocenters. The first-order chi connectivity index (χ1) is 18.1. The van der Waals surface area contributed by atoms with Gasteiger partial charge in [-0.05, 0) is 60.5 Å². The maximum atomic E-state index is 13.8. The van der Waals surface area contributed by atoms with E-state index < -0.39 is 5.60 Å². The fraction of sp³-hybridized carbons (Fsp3) is 0.333. The summed E-state index contributed by atoms with van der Waals surface area (Å²) in [7, 11) is 5.00. The van der Waals surface area contributed by atoms with E-state index in [1.165, 1.54) is 17.0 Å². The fourth-order valence-corrected chi connectivity index (χ4v) is 4.98. The van der Waals surface area contributed by atoms with Crippen LogP contribution >= 0.6 is 0 Å². The van der Waals surface area contributed by atoms with Crippen molar-refractivity contribution in [2.45, 2.75) is 18.6 Å². The van der Waals surface area contributed by atoms with Crippen LogP contribution in [0.3, 0.4) is 0 Å². The molecule has 0 radical (unpaired) electrons. The largest absolute Gasteiger partial charge is 0.497 e. The lowest BCUT2D eigenvalue weighted by Crippen LogP contribution is -2.52. The van der Waals surface area contributed by atoms with E-state index in [2.05, 4.69) is 15.9 Å². The summed E-state index contributed by atoms with van der Waals surface area (Å²) in [5.41, 5.74) is 2.34. The van der Waals surface area contributed by atoms with Gasteiger partial charge in [0.1, 0.15) is 11.6 Å². The number of aliphatic hydroxyl groups is 1. The van der Waals surface area contributed by atoms with Crippen molar-refractivity contribution < 1.29 is 19.0 Å². The third-order valence-electron chi connectivity index (χ3n) is 7.04. The second-order valence-corrected chi connectivity index (χ2v) is 10.0. The lowest BCUT2D eigenvalue weighted by molar-refractivity contribution is 0.0103. The first-order valence-electron chi connectivity index (χ1n) is 12.5. The summed E-state index contributed by atoms with van der Waals surface area (Å²) in [5.74, 6) is 0.141. The number of halogens is 1. The van der Waals surface area contributed by atoms with E-state index in [0.717, 1.165) is 16.8 Å². The van der Waals surface area contributed by atoms with Crippen molar-refractivity contribution in [2.75, 3.05) is 52.3 Å². The van der Waals surface area contributed by atoms with Gasteiger partial charge in [0.25, 0.3) is 5.91 Å². The molecule has 3 aromatic carbocycles. The van der Waals surface area contributed by atoms with Crippen molar-refractivity contribution >= 4 is 11.6 Å². The molecule has 38 heavy (non-hydrogen) atoms. The molecule has 0 unspecified atom stereocenters. The monoisotopic (exact) mass is 516 g/mol. The molecule has 0 aliphatic carbocycles. The average Bonchev–Trinajstić information content (AvgIpc) is 2.92. The number of amides is 1. The van der Waals surface area contributed by atoms with E-state index in [1.807, 2.05) is 12.1 Å². The van der Waals surface area contributed by atoms with Crippen LogP contribution in [0, 0.1) is 17.1 Å². The summed E-state index contributed by atoms with van der Waals surface area (Å²) in [5, 5.41) is 20.5. The summed E-state index contributed by atoms with van der Waals surface area (Å²) in [6.07, 6.45) is 0. The highest BCUT2D eigenvalue weighted by atomic mass is 19.1. The number of benzene rings is 3. The summed E-state index contributed by atoms with van der Waals surface area (Å²) < 4.78 is 19.2. The molecule has 7 nitrogen and oxygen atoms in total. The number of methoxy groups -OCH3 is 1. The quantitative estimate of drug-likeness (QED) is 0.508. The van der Waals surface area contributed by atoms with Crippen molar-refractivity contribution in [3.63, 3.8) is 0 Å². The standard InChI is InChI=1S/C30H33FN4O3/c1-30(37,23-9-5-21(18-32)6-10-23)20-34-15-16-35(28(19-34)22-7-11-24(31)12-8-22)27-14-13-25(38-4)17-26(27)29(36)33(2)3/h5-14,17,28,37H,15-16,19-20H2,1-4H3/t28-,30+/m0/s1. The molecule has 8 heteroatoms. The summed E-state index contributed by atoms with van der Waals surface area (Å²) in [6.45, 7) is 3.93. The summed E-state index contributed by atoms with van der Waals surface area (Å²) in [6, 6.07) is 20.8. The maximum Gasteiger partial charge on any atom is 0.255 e. The summed E-state index contributed by atoms with van der Waals surface area (Å²) in [4.78, 5) is 19.0. The van der Waals surface area contributed by atoms with E-state index in [1.54, 1.807) is 70.6 Å². The van der Waals surface area contributed by atoms with Crippen LogP contribution in [0.15, 0.2) is 66.7 Å². The van der Waals surface area contributed by atoms with E-state index in [-0.39, 0.29) is 17.8 Å². The van der Waals surface area contributed by atoms with Gasteiger partial charge in [-0.1, -0.05) is 24.3 Å². The van der Waals surface area contributed by atoms with Crippen molar-refractivity contribution in [3.05, 3.63) is 94.8 Å². The van der Waals surface area contributed by atoms with Crippen LogP contribution in [0.1, 0.15) is 40.0 Å². The zero-order valence-electron chi connectivity index (χ0n) is 22.2. The van der Waals surface area contributed by atoms with Gasteiger partial charge in [-0.15, -0.1) is 0 Å². The van der Waals surface area contributed by atoms with Crippen molar-refractivity contribution in [3.8, 4) is 11.8 Å². The number of nitrogens with zero attached hydrogens (tertiary/aromatic N) is 4. The number of anilines is 1. The van der Waals surface area contributed by atoms with Crippen LogP contribution < -0.4 is 9.64 Å². The van der Waals surface area contributed by atoms with Crippen LogP contribution in [0.2, 0.25) is 0 Å². The molecule has 0 bridgehead atoms. The Morgan fingerprint density at radius 3 is 2.42 bits per heavy atom. The normalized spacial score (nSPS) is 17.4. The van der Waals surface area contributed by atoms with Crippen molar-refractivity contribution in [1.29, 1.82) is 5.26 Å². The number of β-amino-alcohol motifs (C(OH)–C–C–N with tert-alkyl or cyclic N) is 1. The molecule has 1 N–H and O–H groups in total. The first kappa shape index (κ1) is 27.1. The van der Waals surface area contributed by atoms with Gasteiger partial charge < -0.3 is 19.6 Å². The Bertz CT molecular complexity index is 1320. The van der Waals surface area contributed by atoms with Gasteiger partial charge >= 0.3 is 0 Å². The number of carbonyl (C=O) groups is 1. The van der Waals surface area contributed by atoms with Gasteiger partial charge in [0.2, 0.25) is 0 Å². The first-order valence-corrected chi connectivity index (χ1v) is 12.5. The van der Waals surface area contributed by atoms with Crippen molar-refractivity contribution in [2.24, 2.45) is 0 Å². The second kappa shape index (κ2) is 11.2. The number of nitriles is 1. The third-order valence-corrected chi connectivity index (χ3v) is 7.04. The Morgan fingerprint density at radius 2 is 1.82 bits per heavy atom. The van der Waals surface area contributed by atoms with Gasteiger partial charge in [0.05, 0.1) is 41.6 Å². The molecule has 3 aromatic rings. The second-order valence-electron chi connectivity index (χ2n) is 10.0. The molecular formula is C30H33FN4O3. The molecule has 1 heterocycles. The maximum absolute atomic E-state index is 13.8. The smallest absolute Gasteiger partial charge is 0.255 e. The third kappa shape index (κ3) is 5.80. The molecule has 198 valence electrons. The highest BCUT2D eigenvalue weighted by Crippen LogP contribution is 2.36. The Morgan fingerprint density at radius 1 is 1.13 bits per heavy atom. The predicted octanol–water partition coefficient (Wildman–Crippen LogP) is 4.18. The number of ether oxygens (including phenoxy) is 1. The number of carbonyl (C=O) groups excluding carboxylic acids is 1. The number of hydrogen-bond donors (Lipinski definition) is 1. The van der Waals surface area contributed by atoms with Gasteiger partial charge in [0, 0.05) is 40.3 Å². The van der Waals surface area contributed by atoms with Crippen LogP contribution in [-0.2, 0) is 5.60 Å². The lowest BCUT2D eigenvalue weighted by atomic mass is 9.93. The minimum absolute atomic E-state index is 0.136. The molecule has 0 spiro atoms. The molecule has 0 saturated carbocycles. The minimum Gasteiger partial charge on any atom is -0.497 e. The fourth-order valence-electron chi connectivity index (χ4n) is 4.98. The zero-order valence-corrected chi connectivity index (χ0v) is 22.2. The highest BCUT2D eigenvalue weighted by Gasteiger charge is 2.35. The SMILES string of the molecule is COc1ccc(N2CCN(C[C@@](C)(O)c3ccc(C#N)cc3)C[C@H]2c2ccc(F)cc2)c(C(=O)N(C)C)c1. The highest BCUT2D eigenvalue weighted by molar-refractivity contribution is 6.00. The number of piperazine rings is 1. The molecule has 0 aromatic heterocycles. The molecule has 1 aliphatic rings. The number of rotatable bonds is 7. The molecule has 4 rings (SSSR count). The van der Waals surface area contributed by atoms with Crippen LogP contribution in [0.5, 0.6) is 5.75 Å². The average molecular weight is 517 g/mol.